The Kier molecular flexibility index (Phi) is 5.22. The number of carbonyl (C=O) groups is 2. The maximum absolute atomic E-state index is 12.9. The summed E-state index contributed by atoms with van der Waals surface area (Å²) in [7, 11) is 1.19. The number of methoxy groups -OCH3 is 1. The second-order valence-corrected chi connectivity index (χ2v) is 10.2. The van der Waals surface area contributed by atoms with Gasteiger partial charge in [-0.05, 0) is 91.9 Å². The lowest BCUT2D eigenvalue weighted by atomic mass is 9.48. The van der Waals surface area contributed by atoms with Crippen LogP contribution in [0.3, 0.4) is 0 Å². The summed E-state index contributed by atoms with van der Waals surface area (Å²) in [5.41, 5.74) is 2.95. The molecule has 4 aliphatic rings. The third-order valence-corrected chi connectivity index (χ3v) is 7.94. The predicted molar refractivity (Wildman–Crippen MR) is 123 cm³/mol. The van der Waals surface area contributed by atoms with E-state index in [1.54, 1.807) is 0 Å². The van der Waals surface area contributed by atoms with E-state index >= 15 is 0 Å². The molecule has 4 aliphatic carbocycles. The van der Waals surface area contributed by atoms with Crippen molar-refractivity contribution in [3.63, 3.8) is 0 Å². The summed E-state index contributed by atoms with van der Waals surface area (Å²) in [5, 5.41) is 14.1. The van der Waals surface area contributed by atoms with Gasteiger partial charge >= 0.3 is 5.97 Å². The average Bonchev–Trinajstić information content (AvgIpc) is 2.78. The highest BCUT2D eigenvalue weighted by molar-refractivity contribution is 6.06. The highest BCUT2D eigenvalue weighted by Crippen LogP contribution is 2.60. The molecule has 1 amide bonds. The molecule has 0 unspecified atom stereocenters. The van der Waals surface area contributed by atoms with Crippen molar-refractivity contribution in [3.05, 3.63) is 68.8 Å². The average molecular weight is 449 g/mol. The molecule has 4 saturated carbocycles. The predicted octanol–water partition coefficient (Wildman–Crippen LogP) is 5.41. The molecular weight excluding hydrogens is 420 g/mol. The van der Waals surface area contributed by atoms with E-state index in [9.17, 15) is 19.7 Å². The number of esters is 1. The largest absolute Gasteiger partial charge is 0.465 e. The molecule has 0 saturated heterocycles. The van der Waals surface area contributed by atoms with Gasteiger partial charge in [0.15, 0.2) is 0 Å². The highest BCUT2D eigenvalue weighted by Gasteiger charge is 2.51. The maximum atomic E-state index is 12.9. The van der Waals surface area contributed by atoms with Crippen LogP contribution in [0.1, 0.15) is 70.4 Å². The van der Waals surface area contributed by atoms with Crippen LogP contribution in [0.25, 0.3) is 0 Å². The number of hydrogen-bond donors (Lipinski definition) is 1. The molecule has 33 heavy (non-hydrogen) atoms. The van der Waals surface area contributed by atoms with Crippen molar-refractivity contribution in [1.29, 1.82) is 0 Å². The van der Waals surface area contributed by atoms with Gasteiger partial charge < -0.3 is 10.1 Å². The fraction of sp³-hybridized carbons (Fsp3) is 0.462. The first kappa shape index (κ1) is 21.6. The van der Waals surface area contributed by atoms with Gasteiger partial charge in [-0.2, -0.15) is 0 Å². The standard InChI is InChI=1S/C26H28N2O5/c1-15-5-21(26-12-16-6-17(13-26)8-18(7-16)14-26)3-4-23(15)27-24(29)19-9-20(25(30)33-2)11-22(10-19)28(31)32/h3-5,9-11,16-18H,6-8,12-14H2,1-2H3,(H,27,29). The van der Waals surface area contributed by atoms with Crippen LogP contribution in [0.5, 0.6) is 0 Å². The molecule has 172 valence electrons. The number of nitro groups is 1. The van der Waals surface area contributed by atoms with E-state index in [1.165, 1.54) is 63.3 Å². The lowest BCUT2D eigenvalue weighted by molar-refractivity contribution is -0.384. The maximum Gasteiger partial charge on any atom is 0.338 e. The second kappa shape index (κ2) is 7.97. The smallest absolute Gasteiger partial charge is 0.338 e. The molecule has 0 heterocycles. The fourth-order valence-electron chi connectivity index (χ4n) is 6.88. The first-order valence-corrected chi connectivity index (χ1v) is 11.6. The SMILES string of the molecule is COC(=O)c1cc(C(=O)Nc2ccc(C34CC5CC(CC(C5)C3)C4)cc2C)cc([N+](=O)[O-])c1. The van der Waals surface area contributed by atoms with Crippen molar-refractivity contribution in [2.45, 2.75) is 50.9 Å². The van der Waals surface area contributed by atoms with Gasteiger partial charge in [-0.3, -0.25) is 14.9 Å². The number of non-ortho nitro benzene ring substituents is 1. The van der Waals surface area contributed by atoms with E-state index in [2.05, 4.69) is 22.2 Å². The van der Waals surface area contributed by atoms with Crippen molar-refractivity contribution < 1.29 is 19.2 Å². The molecule has 1 N–H and O–H groups in total. The number of ether oxygens (including phenoxy) is 1. The Balaban J connectivity index is 1.39. The van der Waals surface area contributed by atoms with Crippen molar-refractivity contribution in [1.82, 2.24) is 0 Å². The summed E-state index contributed by atoms with van der Waals surface area (Å²) < 4.78 is 4.66. The van der Waals surface area contributed by atoms with Crippen LogP contribution in [-0.4, -0.2) is 23.9 Å². The highest BCUT2D eigenvalue weighted by atomic mass is 16.6. The van der Waals surface area contributed by atoms with Gasteiger partial charge in [0.05, 0.1) is 17.6 Å². The van der Waals surface area contributed by atoms with Crippen LogP contribution >= 0.6 is 0 Å². The minimum absolute atomic E-state index is 0.0363. The summed E-state index contributed by atoms with van der Waals surface area (Å²) in [5.74, 6) is 1.33. The monoisotopic (exact) mass is 448 g/mol. The zero-order valence-corrected chi connectivity index (χ0v) is 18.9. The zero-order valence-electron chi connectivity index (χ0n) is 18.9. The summed E-state index contributed by atoms with van der Waals surface area (Å²) in [6.45, 7) is 1.98. The molecule has 2 aromatic rings. The van der Waals surface area contributed by atoms with E-state index in [1.807, 2.05) is 13.0 Å². The Bertz CT molecular complexity index is 1120. The van der Waals surface area contributed by atoms with Crippen LogP contribution in [-0.2, 0) is 10.2 Å². The molecule has 4 bridgehead atoms. The van der Waals surface area contributed by atoms with E-state index in [0.717, 1.165) is 29.4 Å². The van der Waals surface area contributed by atoms with Gasteiger partial charge in [0.25, 0.3) is 11.6 Å². The first-order chi connectivity index (χ1) is 15.8. The Hall–Kier alpha value is -3.22. The van der Waals surface area contributed by atoms with Gasteiger partial charge in [0, 0.05) is 23.4 Å². The molecule has 0 spiro atoms. The molecule has 0 aromatic heterocycles. The van der Waals surface area contributed by atoms with Crippen molar-refractivity contribution in [3.8, 4) is 0 Å². The van der Waals surface area contributed by atoms with E-state index in [-0.39, 0.29) is 22.2 Å². The van der Waals surface area contributed by atoms with Gasteiger partial charge in [-0.1, -0.05) is 12.1 Å². The second-order valence-electron chi connectivity index (χ2n) is 10.2. The van der Waals surface area contributed by atoms with Crippen LogP contribution in [0, 0.1) is 34.8 Å². The number of aryl methyl sites for hydroxylation is 1. The molecule has 0 atom stereocenters. The van der Waals surface area contributed by atoms with Crippen LogP contribution in [0.4, 0.5) is 11.4 Å². The Morgan fingerprint density at radius 3 is 2.15 bits per heavy atom. The number of hydrogen-bond acceptors (Lipinski definition) is 5. The van der Waals surface area contributed by atoms with E-state index in [0.29, 0.717) is 5.69 Å². The Labute approximate surface area is 192 Å². The van der Waals surface area contributed by atoms with Gasteiger partial charge in [-0.25, -0.2) is 4.79 Å². The molecular formula is C26H28N2O5. The zero-order chi connectivity index (χ0) is 23.3. The third kappa shape index (κ3) is 3.90. The van der Waals surface area contributed by atoms with Crippen LogP contribution in [0.15, 0.2) is 36.4 Å². The number of anilines is 1. The van der Waals surface area contributed by atoms with Crippen molar-refractivity contribution in [2.75, 3.05) is 12.4 Å². The Morgan fingerprint density at radius 2 is 1.61 bits per heavy atom. The molecule has 2 aromatic carbocycles. The lowest BCUT2D eigenvalue weighted by Crippen LogP contribution is -2.48. The molecule has 4 fully saturated rings. The lowest BCUT2D eigenvalue weighted by Gasteiger charge is -2.57. The summed E-state index contributed by atoms with van der Waals surface area (Å²) in [6, 6.07) is 9.88. The number of nitro benzene ring substituents is 1. The quantitative estimate of drug-likeness (QED) is 0.375. The van der Waals surface area contributed by atoms with Crippen LogP contribution in [0.2, 0.25) is 0 Å². The fourth-order valence-corrected chi connectivity index (χ4v) is 6.88. The van der Waals surface area contributed by atoms with Crippen molar-refractivity contribution >= 4 is 23.3 Å². The minimum Gasteiger partial charge on any atom is -0.465 e. The van der Waals surface area contributed by atoms with E-state index < -0.39 is 16.8 Å². The summed E-state index contributed by atoms with van der Waals surface area (Å²) >= 11 is 0. The number of nitrogens with one attached hydrogen (secondary N) is 1. The minimum atomic E-state index is -0.733. The first-order valence-electron chi connectivity index (χ1n) is 11.6. The molecule has 7 nitrogen and oxygen atoms in total. The number of benzene rings is 2. The Morgan fingerprint density at radius 1 is 1.00 bits per heavy atom. The van der Waals surface area contributed by atoms with Gasteiger partial charge in [-0.15, -0.1) is 0 Å². The van der Waals surface area contributed by atoms with Gasteiger partial charge in [0.2, 0.25) is 0 Å². The van der Waals surface area contributed by atoms with Crippen molar-refractivity contribution in [2.24, 2.45) is 17.8 Å². The number of carbonyl (C=O) groups excluding carboxylic acids is 2. The number of nitrogens with zero attached hydrogens (tertiary/aromatic N) is 1. The van der Waals surface area contributed by atoms with Gasteiger partial charge in [0.1, 0.15) is 0 Å². The molecule has 6 rings (SSSR count). The topological polar surface area (TPSA) is 98.5 Å². The third-order valence-electron chi connectivity index (χ3n) is 7.94. The normalized spacial score (nSPS) is 27.3. The number of amides is 1. The molecule has 7 heteroatoms. The molecule has 0 aliphatic heterocycles. The summed E-state index contributed by atoms with van der Waals surface area (Å²) in [6.07, 6.45) is 7.99. The molecule has 0 radical (unpaired) electrons. The summed E-state index contributed by atoms with van der Waals surface area (Å²) in [4.78, 5) is 35.5. The van der Waals surface area contributed by atoms with E-state index in [4.69, 9.17) is 0 Å². The van der Waals surface area contributed by atoms with Crippen LogP contribution < -0.4 is 5.32 Å². The number of rotatable bonds is 5.